The average molecular weight is 766 g/mol. The number of hydrogen-bond acceptors (Lipinski definition) is 10. The summed E-state index contributed by atoms with van der Waals surface area (Å²) >= 11 is 0. The molecule has 54 heavy (non-hydrogen) atoms. The number of ether oxygens (including phenoxy) is 3. The van der Waals surface area contributed by atoms with Gasteiger partial charge in [-0.2, -0.15) is 0 Å². The smallest absolute Gasteiger partial charge is 0.307 e. The topological polar surface area (TPSA) is 158 Å². The Morgan fingerprint density at radius 2 is 1.83 bits per heavy atom. The number of pyridine rings is 1. The molecule has 1 aromatic carbocycles. The first kappa shape index (κ1) is 39.7. The Hall–Kier alpha value is -4.00. The van der Waals surface area contributed by atoms with E-state index in [1.54, 1.807) is 27.0 Å². The summed E-state index contributed by atoms with van der Waals surface area (Å²) in [5.74, 6) is -1.85. The van der Waals surface area contributed by atoms with Gasteiger partial charge in [0.2, 0.25) is 27.7 Å². The standard InChI is InChI=1S/C41H55N3O9S/c1-7-51-29-12-15-32-27(19-29)16-17-42-37(32)52-30-20-34-35(45)23-41(39(48)43-54(49,50)31-13-14-31)22-28(41)11-9-8-10-25(2)18-26(3)33(38(47)44(34)24-30)21-36(46)53-40(4,5)6/h9,11-12,15-17,19,25-26,28,30-31,33-34H,7-8,10,13-14,18,20-24H2,1-6H3,(H,43,48)/b11-9-/t25-,26+,28+,30+,33-,34-,41+/m0/s1. The lowest BCUT2D eigenvalue weighted by Gasteiger charge is -2.32. The zero-order valence-corrected chi connectivity index (χ0v) is 33.2. The second-order valence-corrected chi connectivity index (χ2v) is 18.9. The van der Waals surface area contributed by atoms with E-state index in [4.69, 9.17) is 14.2 Å². The number of esters is 1. The van der Waals surface area contributed by atoms with Gasteiger partial charge >= 0.3 is 5.97 Å². The van der Waals surface area contributed by atoms with E-state index in [2.05, 4.69) is 16.6 Å². The Balaban J connectivity index is 1.34. The van der Waals surface area contributed by atoms with Crippen molar-refractivity contribution in [2.45, 2.75) is 122 Å². The summed E-state index contributed by atoms with van der Waals surface area (Å²) in [4.78, 5) is 62.6. The maximum atomic E-state index is 14.8. The molecule has 3 heterocycles. The zero-order valence-electron chi connectivity index (χ0n) is 32.3. The average Bonchev–Trinajstić information content (AvgIpc) is 4.01. The van der Waals surface area contributed by atoms with Gasteiger partial charge in [0.25, 0.3) is 0 Å². The second-order valence-electron chi connectivity index (χ2n) is 16.9. The van der Waals surface area contributed by atoms with Gasteiger partial charge in [0.15, 0.2) is 5.78 Å². The van der Waals surface area contributed by atoms with Crippen LogP contribution in [-0.4, -0.2) is 78.0 Å². The molecular weight excluding hydrogens is 711 g/mol. The predicted molar refractivity (Wildman–Crippen MR) is 203 cm³/mol. The van der Waals surface area contributed by atoms with Crippen LogP contribution in [0.2, 0.25) is 0 Å². The van der Waals surface area contributed by atoms with E-state index in [0.717, 1.165) is 23.6 Å². The molecule has 3 fully saturated rings. The molecule has 294 valence electrons. The van der Waals surface area contributed by atoms with E-state index in [1.807, 2.05) is 50.3 Å². The lowest BCUT2D eigenvalue weighted by molar-refractivity contribution is -0.160. The van der Waals surface area contributed by atoms with Crippen molar-refractivity contribution in [2.75, 3.05) is 13.2 Å². The summed E-state index contributed by atoms with van der Waals surface area (Å²) < 4.78 is 46.0. The predicted octanol–water partition coefficient (Wildman–Crippen LogP) is 5.92. The zero-order chi connectivity index (χ0) is 39.0. The third-order valence-corrected chi connectivity index (χ3v) is 13.1. The number of carbonyl (C=O) groups is 4. The van der Waals surface area contributed by atoms with Crippen LogP contribution in [0.25, 0.3) is 10.8 Å². The lowest BCUT2D eigenvalue weighted by Crippen LogP contribution is -2.47. The number of allylic oxidation sites excluding steroid dienone is 2. The minimum Gasteiger partial charge on any atom is -0.494 e. The van der Waals surface area contributed by atoms with Gasteiger partial charge in [0.05, 0.1) is 42.2 Å². The molecule has 6 rings (SSSR count). The number of fused-ring (bicyclic) bond motifs is 3. The van der Waals surface area contributed by atoms with E-state index < -0.39 is 56.2 Å². The highest BCUT2D eigenvalue weighted by Crippen LogP contribution is 2.57. The molecule has 1 N–H and O–H groups in total. The van der Waals surface area contributed by atoms with Gasteiger partial charge in [-0.15, -0.1) is 0 Å². The Bertz CT molecular complexity index is 1900. The van der Waals surface area contributed by atoms with Gasteiger partial charge in [-0.1, -0.05) is 26.0 Å². The molecule has 0 radical (unpaired) electrons. The fraction of sp³-hybridized carbons (Fsp3) is 0.634. The van der Waals surface area contributed by atoms with E-state index in [1.165, 1.54) is 4.90 Å². The molecule has 2 aromatic rings. The second kappa shape index (κ2) is 15.6. The summed E-state index contributed by atoms with van der Waals surface area (Å²) in [6.07, 6.45) is 8.29. The summed E-state index contributed by atoms with van der Waals surface area (Å²) in [6.45, 7) is 11.9. The van der Waals surface area contributed by atoms with Crippen LogP contribution in [-0.2, 0) is 33.9 Å². The number of carbonyl (C=O) groups excluding carboxylic acids is 4. The van der Waals surface area contributed by atoms with Crippen molar-refractivity contribution in [1.82, 2.24) is 14.6 Å². The third kappa shape index (κ3) is 9.09. The molecular formula is C41H55N3O9S. The molecule has 2 amide bonds. The van der Waals surface area contributed by atoms with Crippen molar-refractivity contribution >= 4 is 44.4 Å². The first-order valence-electron chi connectivity index (χ1n) is 19.5. The molecule has 2 saturated carbocycles. The minimum absolute atomic E-state index is 0.0655. The Labute approximate surface area is 318 Å². The molecule has 2 aliphatic carbocycles. The van der Waals surface area contributed by atoms with Crippen LogP contribution >= 0.6 is 0 Å². The summed E-state index contributed by atoms with van der Waals surface area (Å²) in [6, 6.07) is 6.49. The number of aromatic nitrogens is 1. The van der Waals surface area contributed by atoms with E-state index >= 15 is 0 Å². The highest BCUT2D eigenvalue weighted by atomic mass is 32.2. The van der Waals surface area contributed by atoms with Gasteiger partial charge in [-0.25, -0.2) is 13.4 Å². The van der Waals surface area contributed by atoms with Crippen LogP contribution in [0.3, 0.4) is 0 Å². The molecule has 1 saturated heterocycles. The Morgan fingerprint density at radius 3 is 2.54 bits per heavy atom. The van der Waals surface area contributed by atoms with Crippen LogP contribution < -0.4 is 14.2 Å². The Kier molecular flexibility index (Phi) is 11.5. The Morgan fingerprint density at radius 1 is 1.07 bits per heavy atom. The fourth-order valence-electron chi connectivity index (χ4n) is 8.19. The number of Topliss-reactive ketones (excluding diaryl/α,β-unsaturated/α-hetero) is 1. The van der Waals surface area contributed by atoms with Crippen molar-refractivity contribution in [2.24, 2.45) is 29.1 Å². The maximum Gasteiger partial charge on any atom is 0.307 e. The monoisotopic (exact) mass is 765 g/mol. The first-order valence-corrected chi connectivity index (χ1v) is 21.0. The molecule has 0 spiro atoms. The van der Waals surface area contributed by atoms with Crippen LogP contribution in [0, 0.1) is 29.1 Å². The van der Waals surface area contributed by atoms with Crippen molar-refractivity contribution in [3.63, 3.8) is 0 Å². The minimum atomic E-state index is -3.85. The first-order chi connectivity index (χ1) is 25.5. The van der Waals surface area contributed by atoms with E-state index in [0.29, 0.717) is 43.9 Å². The number of hydrogen-bond donors (Lipinski definition) is 1. The molecule has 1 aromatic heterocycles. The molecule has 7 atom stereocenters. The summed E-state index contributed by atoms with van der Waals surface area (Å²) in [5.41, 5.74) is -1.99. The van der Waals surface area contributed by atoms with Crippen molar-refractivity contribution in [3.8, 4) is 11.6 Å². The van der Waals surface area contributed by atoms with Crippen molar-refractivity contribution in [3.05, 3.63) is 42.6 Å². The molecule has 4 aliphatic rings. The summed E-state index contributed by atoms with van der Waals surface area (Å²) in [5, 5.41) is 1.00. The van der Waals surface area contributed by atoms with Crippen LogP contribution in [0.1, 0.15) is 99.3 Å². The number of ketones is 1. The van der Waals surface area contributed by atoms with Gasteiger partial charge in [-0.3, -0.25) is 23.9 Å². The highest BCUT2D eigenvalue weighted by Gasteiger charge is 2.61. The quantitative estimate of drug-likeness (QED) is 0.240. The van der Waals surface area contributed by atoms with Crippen LogP contribution in [0.4, 0.5) is 0 Å². The fourth-order valence-corrected chi connectivity index (χ4v) is 9.57. The van der Waals surface area contributed by atoms with Crippen molar-refractivity contribution < 1.29 is 41.8 Å². The number of sulfonamides is 1. The SMILES string of the molecule is CCOc1ccc2c(O[C@@H]3C[C@H]4C(=O)C[C@]5(C(=O)NS(=O)(=O)C6CC6)C[C@H]5/C=C\CC[C@H](C)C[C@@H](C)[C@H](CC(=O)OC(C)(C)C)C(=O)N4C3)nccc2c1. The molecule has 12 nitrogen and oxygen atoms in total. The van der Waals surface area contributed by atoms with Crippen LogP contribution in [0.5, 0.6) is 11.6 Å². The number of benzene rings is 1. The number of nitrogens with one attached hydrogen (secondary N) is 1. The molecule has 0 unspecified atom stereocenters. The lowest BCUT2D eigenvalue weighted by atomic mass is 9.82. The maximum absolute atomic E-state index is 14.8. The number of rotatable bonds is 9. The normalized spacial score (nSPS) is 30.0. The number of nitrogens with zero attached hydrogens (tertiary/aromatic N) is 2. The van der Waals surface area contributed by atoms with Crippen LogP contribution in [0.15, 0.2) is 42.6 Å². The van der Waals surface area contributed by atoms with Gasteiger partial charge in [0.1, 0.15) is 17.5 Å². The summed E-state index contributed by atoms with van der Waals surface area (Å²) in [7, 11) is -3.85. The highest BCUT2D eigenvalue weighted by molar-refractivity contribution is 7.90. The van der Waals surface area contributed by atoms with E-state index in [-0.39, 0.29) is 55.3 Å². The van der Waals surface area contributed by atoms with Gasteiger partial charge < -0.3 is 19.1 Å². The van der Waals surface area contributed by atoms with E-state index in [9.17, 15) is 27.6 Å². The van der Waals surface area contributed by atoms with Crippen molar-refractivity contribution in [1.29, 1.82) is 0 Å². The molecule has 13 heteroatoms. The van der Waals surface area contributed by atoms with Gasteiger partial charge in [0, 0.05) is 24.4 Å². The number of amides is 2. The largest absolute Gasteiger partial charge is 0.494 e. The molecule has 2 aliphatic heterocycles. The van der Waals surface area contributed by atoms with Gasteiger partial charge in [-0.05, 0) is 114 Å². The third-order valence-electron chi connectivity index (χ3n) is 11.3. The molecule has 0 bridgehead atoms.